The molecule has 2 aromatic carbocycles. The number of nitrogens with zero attached hydrogens (tertiary/aromatic N) is 1. The Hall–Kier alpha value is -3.45. The molecule has 2 amide bonds. The molecule has 0 saturated carbocycles. The lowest BCUT2D eigenvalue weighted by Gasteiger charge is -2.06. The Bertz CT molecular complexity index is 998. The molecule has 2 N–H and O–H groups in total. The van der Waals surface area contributed by atoms with Gasteiger partial charge >= 0.3 is 0 Å². The quantitative estimate of drug-likeness (QED) is 0.409. The summed E-state index contributed by atoms with van der Waals surface area (Å²) in [7, 11) is 0. The van der Waals surface area contributed by atoms with Crippen LogP contribution in [0.25, 0.3) is 6.08 Å². The summed E-state index contributed by atoms with van der Waals surface area (Å²) in [5.41, 5.74) is 2.40. The summed E-state index contributed by atoms with van der Waals surface area (Å²) in [5.74, 6) is 0.368. The van der Waals surface area contributed by atoms with Crippen molar-refractivity contribution in [2.75, 3.05) is 13.1 Å². The van der Waals surface area contributed by atoms with Gasteiger partial charge in [-0.25, -0.2) is 4.98 Å². The fourth-order valence-electron chi connectivity index (χ4n) is 2.59. The highest BCUT2D eigenvalue weighted by molar-refractivity contribution is 7.09. The third-order valence-corrected chi connectivity index (χ3v) is 4.93. The maximum absolute atomic E-state index is 11.9. The van der Waals surface area contributed by atoms with E-state index < -0.39 is 0 Å². The van der Waals surface area contributed by atoms with Crippen LogP contribution in [0.4, 0.5) is 0 Å². The number of carbonyl (C=O) groups is 2. The Morgan fingerprint density at radius 3 is 2.47 bits per heavy atom. The van der Waals surface area contributed by atoms with Gasteiger partial charge < -0.3 is 15.4 Å². The first kappa shape index (κ1) is 21.3. The second-order valence-corrected chi connectivity index (χ2v) is 7.52. The van der Waals surface area contributed by atoms with Gasteiger partial charge in [0, 0.05) is 30.1 Å². The van der Waals surface area contributed by atoms with Crippen LogP contribution in [0.5, 0.6) is 5.75 Å². The summed E-state index contributed by atoms with van der Waals surface area (Å²) < 4.78 is 5.71. The lowest BCUT2D eigenvalue weighted by Crippen LogP contribution is -2.33. The number of benzene rings is 2. The lowest BCUT2D eigenvalue weighted by atomic mass is 10.2. The second-order valence-electron chi connectivity index (χ2n) is 6.46. The number of rotatable bonds is 9. The minimum absolute atomic E-state index is 0.160. The smallest absolute Gasteiger partial charge is 0.251 e. The molecule has 6 nitrogen and oxygen atoms in total. The molecule has 0 radical (unpaired) electrons. The zero-order chi connectivity index (χ0) is 21.2. The molecule has 0 unspecified atom stereocenters. The van der Waals surface area contributed by atoms with Crippen LogP contribution in [0, 0.1) is 6.92 Å². The minimum atomic E-state index is -0.219. The van der Waals surface area contributed by atoms with Crippen molar-refractivity contribution in [3.63, 3.8) is 0 Å². The van der Waals surface area contributed by atoms with E-state index >= 15 is 0 Å². The van der Waals surface area contributed by atoms with E-state index in [9.17, 15) is 9.59 Å². The molecule has 0 aliphatic carbocycles. The van der Waals surface area contributed by atoms with Gasteiger partial charge in [-0.3, -0.25) is 9.59 Å². The molecule has 154 valence electrons. The Morgan fingerprint density at radius 2 is 1.77 bits per heavy atom. The third-order valence-electron chi connectivity index (χ3n) is 4.11. The lowest BCUT2D eigenvalue weighted by molar-refractivity contribution is -0.116. The molecule has 7 heteroatoms. The Balaban J connectivity index is 1.36. The molecule has 30 heavy (non-hydrogen) atoms. The number of ether oxygens (including phenoxy) is 1. The monoisotopic (exact) mass is 421 g/mol. The summed E-state index contributed by atoms with van der Waals surface area (Å²) in [5, 5.41) is 8.51. The van der Waals surface area contributed by atoms with Gasteiger partial charge in [0.05, 0.1) is 10.7 Å². The largest absolute Gasteiger partial charge is 0.487 e. The molecular weight excluding hydrogens is 398 g/mol. The number of aromatic nitrogens is 1. The molecule has 1 heterocycles. The predicted molar refractivity (Wildman–Crippen MR) is 118 cm³/mol. The van der Waals surface area contributed by atoms with Gasteiger partial charge in [-0.2, -0.15) is 0 Å². The van der Waals surface area contributed by atoms with Crippen LogP contribution in [0.1, 0.15) is 26.6 Å². The first-order valence-electron chi connectivity index (χ1n) is 9.53. The van der Waals surface area contributed by atoms with E-state index in [0.717, 1.165) is 22.0 Å². The van der Waals surface area contributed by atoms with Gasteiger partial charge in [-0.05, 0) is 42.8 Å². The molecule has 0 fully saturated rings. The topological polar surface area (TPSA) is 80.3 Å². The third kappa shape index (κ3) is 6.86. The molecule has 0 atom stereocenters. The van der Waals surface area contributed by atoms with Crippen LogP contribution >= 0.6 is 11.3 Å². The van der Waals surface area contributed by atoms with E-state index in [2.05, 4.69) is 15.6 Å². The van der Waals surface area contributed by atoms with Crippen molar-refractivity contribution in [3.8, 4) is 5.75 Å². The van der Waals surface area contributed by atoms with Crippen molar-refractivity contribution in [1.82, 2.24) is 15.6 Å². The van der Waals surface area contributed by atoms with Crippen LogP contribution in [-0.4, -0.2) is 29.9 Å². The van der Waals surface area contributed by atoms with Crippen LogP contribution < -0.4 is 15.4 Å². The summed E-state index contributed by atoms with van der Waals surface area (Å²) >= 11 is 1.60. The van der Waals surface area contributed by atoms with E-state index in [-0.39, 0.29) is 11.8 Å². The van der Waals surface area contributed by atoms with Crippen LogP contribution in [-0.2, 0) is 11.4 Å². The molecule has 0 spiro atoms. The average molecular weight is 422 g/mol. The first-order valence-corrected chi connectivity index (χ1v) is 10.4. The zero-order valence-electron chi connectivity index (χ0n) is 16.6. The van der Waals surface area contributed by atoms with Crippen LogP contribution in [0.2, 0.25) is 0 Å². The van der Waals surface area contributed by atoms with Gasteiger partial charge in [0.1, 0.15) is 12.4 Å². The van der Waals surface area contributed by atoms with Crippen molar-refractivity contribution in [1.29, 1.82) is 0 Å². The molecule has 0 bridgehead atoms. The van der Waals surface area contributed by atoms with Gasteiger partial charge in [0.2, 0.25) is 5.91 Å². The molecule has 3 rings (SSSR count). The Labute approximate surface area is 179 Å². The number of thiazole rings is 1. The van der Waals surface area contributed by atoms with Gasteiger partial charge in [-0.15, -0.1) is 11.3 Å². The average Bonchev–Trinajstić information content (AvgIpc) is 3.20. The van der Waals surface area contributed by atoms with Gasteiger partial charge in [0.25, 0.3) is 5.91 Å². The van der Waals surface area contributed by atoms with Crippen molar-refractivity contribution >= 4 is 29.2 Å². The van der Waals surface area contributed by atoms with Crippen molar-refractivity contribution < 1.29 is 14.3 Å². The Morgan fingerprint density at radius 1 is 1.03 bits per heavy atom. The number of nitrogens with one attached hydrogen (secondary N) is 2. The van der Waals surface area contributed by atoms with E-state index in [0.29, 0.717) is 25.3 Å². The fourth-order valence-corrected chi connectivity index (χ4v) is 3.19. The summed E-state index contributed by atoms with van der Waals surface area (Å²) in [6.45, 7) is 3.11. The van der Waals surface area contributed by atoms with Crippen LogP contribution in [0.3, 0.4) is 0 Å². The van der Waals surface area contributed by atoms with Crippen molar-refractivity contribution in [3.05, 3.63) is 87.9 Å². The second kappa shape index (κ2) is 10.9. The fraction of sp³-hybridized carbons (Fsp3) is 0.174. The number of aryl methyl sites for hydroxylation is 1. The van der Waals surface area contributed by atoms with Crippen molar-refractivity contribution in [2.45, 2.75) is 13.5 Å². The van der Waals surface area contributed by atoms with Crippen LogP contribution in [0.15, 0.2) is 66.1 Å². The number of hydrogen-bond acceptors (Lipinski definition) is 5. The number of hydrogen-bond donors (Lipinski definition) is 2. The summed E-state index contributed by atoms with van der Waals surface area (Å²) in [6.07, 6.45) is 3.19. The van der Waals surface area contributed by atoms with Gasteiger partial charge in [-0.1, -0.05) is 30.3 Å². The van der Waals surface area contributed by atoms with E-state index in [1.807, 2.05) is 54.8 Å². The highest BCUT2D eigenvalue weighted by atomic mass is 32.1. The molecule has 0 aliphatic rings. The maximum Gasteiger partial charge on any atom is 0.251 e. The van der Waals surface area contributed by atoms with E-state index in [1.165, 1.54) is 6.08 Å². The highest BCUT2D eigenvalue weighted by Crippen LogP contribution is 2.16. The first-order chi connectivity index (χ1) is 14.6. The van der Waals surface area contributed by atoms with Crippen molar-refractivity contribution in [2.24, 2.45) is 0 Å². The summed E-state index contributed by atoms with van der Waals surface area (Å²) in [6, 6.07) is 16.4. The van der Waals surface area contributed by atoms with E-state index in [4.69, 9.17) is 4.74 Å². The predicted octanol–water partition coefficient (Wildman–Crippen LogP) is 3.59. The Kier molecular flexibility index (Phi) is 7.74. The normalized spacial score (nSPS) is 10.7. The molecule has 3 aromatic rings. The molecule has 0 aliphatic heterocycles. The molecule has 1 aromatic heterocycles. The molecule has 0 saturated heterocycles. The number of amides is 2. The zero-order valence-corrected chi connectivity index (χ0v) is 17.4. The van der Waals surface area contributed by atoms with Gasteiger partial charge in [0.15, 0.2) is 0 Å². The minimum Gasteiger partial charge on any atom is -0.487 e. The standard InChI is InChI=1S/C23H23N3O3S/c1-17-26-20(16-30-17)15-29-21-10-7-18(8-11-21)9-12-22(27)24-13-14-25-23(28)19-5-3-2-4-6-19/h2-12,16H,13-15H2,1H3,(H,24,27)(H,25,28)/b12-9+. The molecular formula is C23H23N3O3S. The SMILES string of the molecule is Cc1nc(COc2ccc(/C=C/C(=O)NCCNC(=O)c3ccccc3)cc2)cs1. The maximum atomic E-state index is 11.9. The summed E-state index contributed by atoms with van der Waals surface area (Å²) in [4.78, 5) is 28.2. The van der Waals surface area contributed by atoms with E-state index in [1.54, 1.807) is 29.5 Å². The highest BCUT2D eigenvalue weighted by Gasteiger charge is 2.03. The number of carbonyl (C=O) groups excluding carboxylic acids is 2.